The summed E-state index contributed by atoms with van der Waals surface area (Å²) in [5.41, 5.74) is 2.13. The number of aryl methyl sites for hydroxylation is 2. The van der Waals surface area contributed by atoms with Gasteiger partial charge >= 0.3 is 5.97 Å². The fourth-order valence-electron chi connectivity index (χ4n) is 2.21. The number of aromatic hydroxyl groups is 1. The predicted octanol–water partition coefficient (Wildman–Crippen LogP) is 2.81. The van der Waals surface area contributed by atoms with Crippen LogP contribution < -0.4 is 10.1 Å². The van der Waals surface area contributed by atoms with Crippen LogP contribution in [-0.4, -0.2) is 30.7 Å². The van der Waals surface area contributed by atoms with Crippen molar-refractivity contribution in [2.24, 2.45) is 0 Å². The van der Waals surface area contributed by atoms with Crippen LogP contribution >= 0.6 is 0 Å². The molecule has 0 atom stereocenters. The zero-order valence-corrected chi connectivity index (χ0v) is 13.8. The van der Waals surface area contributed by atoms with E-state index in [2.05, 4.69) is 10.1 Å². The second-order valence-corrected chi connectivity index (χ2v) is 5.30. The van der Waals surface area contributed by atoms with Crippen LogP contribution in [0.5, 0.6) is 11.5 Å². The molecule has 2 N–H and O–H groups in total. The van der Waals surface area contributed by atoms with Crippen LogP contribution in [0.4, 0.5) is 5.69 Å². The van der Waals surface area contributed by atoms with Gasteiger partial charge in [-0.3, -0.25) is 4.79 Å². The number of hydrogen-bond donors (Lipinski definition) is 2. The number of rotatable bonds is 5. The van der Waals surface area contributed by atoms with Crippen LogP contribution in [0.2, 0.25) is 0 Å². The summed E-state index contributed by atoms with van der Waals surface area (Å²) >= 11 is 0. The number of benzene rings is 2. The summed E-state index contributed by atoms with van der Waals surface area (Å²) in [6, 6.07) is 10.1. The van der Waals surface area contributed by atoms with Gasteiger partial charge in [-0.2, -0.15) is 0 Å². The van der Waals surface area contributed by atoms with Crippen molar-refractivity contribution >= 4 is 17.6 Å². The molecule has 0 spiro atoms. The molecule has 24 heavy (non-hydrogen) atoms. The zero-order valence-electron chi connectivity index (χ0n) is 13.8. The molecule has 0 aliphatic carbocycles. The highest BCUT2D eigenvalue weighted by Crippen LogP contribution is 2.28. The lowest BCUT2D eigenvalue weighted by atomic mass is 10.1. The topological polar surface area (TPSA) is 84.9 Å². The Morgan fingerprint density at radius 2 is 1.92 bits per heavy atom. The van der Waals surface area contributed by atoms with Gasteiger partial charge in [0.1, 0.15) is 11.3 Å². The van der Waals surface area contributed by atoms with Crippen LogP contribution in [0.1, 0.15) is 21.5 Å². The highest BCUT2D eigenvalue weighted by Gasteiger charge is 2.16. The lowest BCUT2D eigenvalue weighted by Crippen LogP contribution is -2.20. The van der Waals surface area contributed by atoms with Gasteiger partial charge in [0, 0.05) is 0 Å². The van der Waals surface area contributed by atoms with Crippen molar-refractivity contribution < 1.29 is 24.2 Å². The van der Waals surface area contributed by atoms with Crippen molar-refractivity contribution in [3.8, 4) is 11.5 Å². The van der Waals surface area contributed by atoms with E-state index in [1.807, 2.05) is 26.0 Å². The second-order valence-electron chi connectivity index (χ2n) is 5.30. The van der Waals surface area contributed by atoms with E-state index >= 15 is 0 Å². The Morgan fingerprint density at radius 1 is 1.17 bits per heavy atom. The van der Waals surface area contributed by atoms with E-state index < -0.39 is 11.9 Å². The molecular formula is C18H19NO5. The van der Waals surface area contributed by atoms with Crippen LogP contribution in [0.15, 0.2) is 36.4 Å². The van der Waals surface area contributed by atoms with E-state index in [4.69, 9.17) is 4.74 Å². The Kier molecular flexibility index (Phi) is 5.42. The first-order valence-corrected chi connectivity index (χ1v) is 7.32. The lowest BCUT2D eigenvalue weighted by Gasteiger charge is -2.12. The number of hydrogen-bond acceptors (Lipinski definition) is 5. The molecule has 0 aliphatic heterocycles. The molecule has 0 saturated carbocycles. The molecule has 0 bridgehead atoms. The van der Waals surface area contributed by atoms with Crippen molar-refractivity contribution in [1.29, 1.82) is 0 Å². The van der Waals surface area contributed by atoms with Crippen LogP contribution in [0, 0.1) is 13.8 Å². The average molecular weight is 329 g/mol. The molecule has 0 unspecified atom stereocenters. The number of methoxy groups -OCH3 is 1. The molecule has 2 aromatic rings. The number of esters is 1. The maximum absolute atomic E-state index is 12.0. The van der Waals surface area contributed by atoms with Gasteiger partial charge < -0.3 is 19.9 Å². The molecular weight excluding hydrogens is 310 g/mol. The van der Waals surface area contributed by atoms with Gasteiger partial charge in [0.15, 0.2) is 12.4 Å². The minimum atomic E-state index is -0.685. The Balaban J connectivity index is 2.03. The van der Waals surface area contributed by atoms with E-state index in [1.54, 1.807) is 6.07 Å². The van der Waals surface area contributed by atoms with E-state index in [0.29, 0.717) is 5.75 Å². The van der Waals surface area contributed by atoms with Crippen LogP contribution in [0.25, 0.3) is 0 Å². The number of carbonyl (C=O) groups is 2. The molecule has 126 valence electrons. The van der Waals surface area contributed by atoms with Gasteiger partial charge in [0.25, 0.3) is 5.91 Å². The summed E-state index contributed by atoms with van der Waals surface area (Å²) in [7, 11) is 1.21. The fourth-order valence-corrected chi connectivity index (χ4v) is 2.21. The molecule has 0 aliphatic rings. The number of ether oxygens (including phenoxy) is 2. The number of carbonyl (C=O) groups excluding carboxylic acids is 2. The van der Waals surface area contributed by atoms with Crippen molar-refractivity contribution in [1.82, 2.24) is 0 Å². The van der Waals surface area contributed by atoms with Gasteiger partial charge in [-0.05, 0) is 37.6 Å². The first kappa shape index (κ1) is 17.3. The number of phenolic OH excluding ortho intramolecular Hbond substituents is 1. The minimum absolute atomic E-state index is 0.0226. The molecule has 6 heteroatoms. The maximum Gasteiger partial charge on any atom is 0.341 e. The smallest absolute Gasteiger partial charge is 0.341 e. The van der Waals surface area contributed by atoms with E-state index in [0.717, 1.165) is 11.1 Å². The monoisotopic (exact) mass is 329 g/mol. The van der Waals surface area contributed by atoms with Gasteiger partial charge in [-0.1, -0.05) is 23.8 Å². The summed E-state index contributed by atoms with van der Waals surface area (Å²) < 4.78 is 10.0. The fraction of sp³-hybridized carbons (Fsp3) is 0.222. The second kappa shape index (κ2) is 7.50. The van der Waals surface area contributed by atoms with Crippen LogP contribution in [0.3, 0.4) is 0 Å². The summed E-state index contributed by atoms with van der Waals surface area (Å²) in [5, 5.41) is 12.6. The molecule has 0 saturated heterocycles. The first-order chi connectivity index (χ1) is 11.4. The zero-order chi connectivity index (χ0) is 17.7. The van der Waals surface area contributed by atoms with Gasteiger partial charge in [0.2, 0.25) is 0 Å². The average Bonchev–Trinajstić information content (AvgIpc) is 2.55. The SMILES string of the molecule is COC(=O)c1cccc(NC(=O)COc2ccc(C)cc2C)c1O. The Hall–Kier alpha value is -3.02. The van der Waals surface area contributed by atoms with Crippen LogP contribution in [-0.2, 0) is 9.53 Å². The van der Waals surface area contributed by atoms with Crippen molar-refractivity contribution in [3.63, 3.8) is 0 Å². The summed E-state index contributed by atoms with van der Waals surface area (Å²) in [5.74, 6) is -0.866. The van der Waals surface area contributed by atoms with Crippen molar-refractivity contribution in [2.45, 2.75) is 13.8 Å². The predicted molar refractivity (Wildman–Crippen MR) is 89.5 cm³/mol. The van der Waals surface area contributed by atoms with Gasteiger partial charge in [-0.15, -0.1) is 0 Å². The van der Waals surface area contributed by atoms with Crippen molar-refractivity contribution in [2.75, 3.05) is 19.0 Å². The summed E-state index contributed by atoms with van der Waals surface area (Å²) in [6.45, 7) is 3.65. The van der Waals surface area contributed by atoms with E-state index in [9.17, 15) is 14.7 Å². The highest BCUT2D eigenvalue weighted by molar-refractivity contribution is 5.98. The quantitative estimate of drug-likeness (QED) is 0.651. The number of amides is 1. The first-order valence-electron chi connectivity index (χ1n) is 7.32. The number of phenols is 1. The highest BCUT2D eigenvalue weighted by atomic mass is 16.5. The van der Waals surface area contributed by atoms with Gasteiger partial charge in [-0.25, -0.2) is 4.79 Å². The molecule has 6 nitrogen and oxygen atoms in total. The molecule has 0 fully saturated rings. The normalized spacial score (nSPS) is 10.1. The van der Waals surface area contributed by atoms with E-state index in [1.165, 1.54) is 25.3 Å². The largest absolute Gasteiger partial charge is 0.505 e. The number of nitrogens with one attached hydrogen (secondary N) is 1. The third-order valence-corrected chi connectivity index (χ3v) is 3.40. The van der Waals surface area contributed by atoms with E-state index in [-0.39, 0.29) is 23.6 Å². The third kappa shape index (κ3) is 4.04. The maximum atomic E-state index is 12.0. The third-order valence-electron chi connectivity index (χ3n) is 3.40. The summed E-state index contributed by atoms with van der Waals surface area (Å²) in [6.07, 6.45) is 0. The Bertz CT molecular complexity index is 770. The van der Waals surface area contributed by atoms with Crippen molar-refractivity contribution in [3.05, 3.63) is 53.1 Å². The lowest BCUT2D eigenvalue weighted by molar-refractivity contribution is -0.118. The Morgan fingerprint density at radius 3 is 2.58 bits per heavy atom. The molecule has 0 radical (unpaired) electrons. The minimum Gasteiger partial charge on any atom is -0.505 e. The summed E-state index contributed by atoms with van der Waals surface area (Å²) in [4.78, 5) is 23.5. The number of para-hydroxylation sites is 1. The van der Waals surface area contributed by atoms with Gasteiger partial charge in [0.05, 0.1) is 12.8 Å². The molecule has 2 aromatic carbocycles. The standard InChI is InChI=1S/C18H19NO5/c1-11-7-8-15(12(2)9-11)24-10-16(20)19-14-6-4-5-13(17(14)21)18(22)23-3/h4-9,21H,10H2,1-3H3,(H,19,20). The molecule has 0 aromatic heterocycles. The Labute approximate surface area is 140 Å². The number of anilines is 1. The molecule has 0 heterocycles. The molecule has 1 amide bonds. The molecule has 2 rings (SSSR count).